The molecule has 0 aliphatic heterocycles. The van der Waals surface area contributed by atoms with Gasteiger partial charge < -0.3 is 20.1 Å². The van der Waals surface area contributed by atoms with Crippen LogP contribution in [0.3, 0.4) is 0 Å². The fourth-order valence-corrected chi connectivity index (χ4v) is 2.27. The smallest absolute Gasteiger partial charge is 0.191 e. The number of nitrogens with one attached hydrogen (secondary N) is 2. The minimum atomic E-state index is 0.467. The van der Waals surface area contributed by atoms with Gasteiger partial charge in [0.25, 0.3) is 0 Å². The van der Waals surface area contributed by atoms with Crippen molar-refractivity contribution < 1.29 is 9.47 Å². The second kappa shape index (κ2) is 11.9. The zero-order chi connectivity index (χ0) is 18.5. The summed E-state index contributed by atoms with van der Waals surface area (Å²) in [6.07, 6.45) is 2.72. The Labute approximate surface area is 155 Å². The van der Waals surface area contributed by atoms with Crippen molar-refractivity contribution in [1.82, 2.24) is 15.6 Å². The predicted octanol–water partition coefficient (Wildman–Crippen LogP) is 2.75. The maximum absolute atomic E-state index is 5.75. The minimum Gasteiger partial charge on any atom is -0.487 e. The summed E-state index contributed by atoms with van der Waals surface area (Å²) in [4.78, 5) is 8.86. The third-order valence-electron chi connectivity index (χ3n) is 3.62. The van der Waals surface area contributed by atoms with Gasteiger partial charge in [-0.2, -0.15) is 0 Å². The van der Waals surface area contributed by atoms with Crippen LogP contribution in [-0.2, 0) is 17.9 Å². The monoisotopic (exact) mass is 356 g/mol. The van der Waals surface area contributed by atoms with E-state index in [9.17, 15) is 0 Å². The number of aromatic nitrogens is 1. The van der Waals surface area contributed by atoms with Crippen molar-refractivity contribution in [2.24, 2.45) is 4.99 Å². The minimum absolute atomic E-state index is 0.467. The van der Waals surface area contributed by atoms with E-state index in [1.807, 2.05) is 42.5 Å². The van der Waals surface area contributed by atoms with Gasteiger partial charge in [0, 0.05) is 33.0 Å². The van der Waals surface area contributed by atoms with Crippen LogP contribution in [-0.4, -0.2) is 37.7 Å². The fraction of sp³-hybridized carbons (Fsp3) is 0.400. The lowest BCUT2D eigenvalue weighted by Crippen LogP contribution is -2.38. The van der Waals surface area contributed by atoms with Crippen molar-refractivity contribution in [3.05, 3.63) is 59.9 Å². The van der Waals surface area contributed by atoms with E-state index >= 15 is 0 Å². The van der Waals surface area contributed by atoms with Crippen LogP contribution in [0, 0.1) is 0 Å². The van der Waals surface area contributed by atoms with E-state index in [4.69, 9.17) is 9.47 Å². The van der Waals surface area contributed by atoms with E-state index in [0.29, 0.717) is 13.2 Å². The summed E-state index contributed by atoms with van der Waals surface area (Å²) in [5.74, 6) is 1.65. The van der Waals surface area contributed by atoms with E-state index in [2.05, 4.69) is 27.5 Å². The number of rotatable bonds is 10. The van der Waals surface area contributed by atoms with Gasteiger partial charge in [-0.3, -0.25) is 4.98 Å². The van der Waals surface area contributed by atoms with Crippen molar-refractivity contribution in [2.75, 3.05) is 26.8 Å². The Morgan fingerprint density at radius 2 is 1.96 bits per heavy atom. The number of pyridine rings is 1. The maximum Gasteiger partial charge on any atom is 0.191 e. The topological polar surface area (TPSA) is 67.8 Å². The number of guanidine groups is 1. The highest BCUT2D eigenvalue weighted by molar-refractivity contribution is 5.79. The van der Waals surface area contributed by atoms with Crippen molar-refractivity contribution in [2.45, 2.75) is 26.5 Å². The molecule has 26 heavy (non-hydrogen) atoms. The molecule has 1 aromatic carbocycles. The van der Waals surface area contributed by atoms with Gasteiger partial charge in [-0.05, 0) is 43.2 Å². The van der Waals surface area contributed by atoms with E-state index in [-0.39, 0.29) is 0 Å². The summed E-state index contributed by atoms with van der Waals surface area (Å²) >= 11 is 0. The third-order valence-corrected chi connectivity index (χ3v) is 3.62. The molecular formula is C20H28N4O2. The van der Waals surface area contributed by atoms with Gasteiger partial charge in [0.2, 0.25) is 0 Å². The van der Waals surface area contributed by atoms with E-state index in [1.165, 1.54) is 0 Å². The summed E-state index contributed by atoms with van der Waals surface area (Å²) in [6, 6.07) is 13.8. The first-order valence-electron chi connectivity index (χ1n) is 8.94. The molecule has 2 N–H and O–H groups in total. The molecule has 0 spiro atoms. The van der Waals surface area contributed by atoms with Crippen LogP contribution in [0.2, 0.25) is 0 Å². The van der Waals surface area contributed by atoms with E-state index < -0.39 is 0 Å². The molecule has 6 nitrogen and oxygen atoms in total. The molecule has 0 amide bonds. The number of hydrogen-bond donors (Lipinski definition) is 2. The first-order valence-corrected chi connectivity index (χ1v) is 8.94. The maximum atomic E-state index is 5.75. The van der Waals surface area contributed by atoms with Gasteiger partial charge in [0.05, 0.1) is 12.2 Å². The number of ether oxygens (including phenoxy) is 2. The summed E-state index contributed by atoms with van der Waals surface area (Å²) < 4.78 is 10.8. The highest BCUT2D eigenvalue weighted by Crippen LogP contribution is 2.14. The Morgan fingerprint density at radius 3 is 2.65 bits per heavy atom. The quantitative estimate of drug-likeness (QED) is 0.389. The highest BCUT2D eigenvalue weighted by Gasteiger charge is 2.00. The average molecular weight is 356 g/mol. The molecule has 0 saturated carbocycles. The molecule has 0 bridgehead atoms. The lowest BCUT2D eigenvalue weighted by molar-refractivity contribution is 0.195. The number of nitrogens with zero attached hydrogens (tertiary/aromatic N) is 2. The normalized spacial score (nSPS) is 11.2. The van der Waals surface area contributed by atoms with Gasteiger partial charge in [-0.1, -0.05) is 18.2 Å². The van der Waals surface area contributed by atoms with Crippen LogP contribution < -0.4 is 15.4 Å². The number of hydrogen-bond acceptors (Lipinski definition) is 4. The van der Waals surface area contributed by atoms with Crippen LogP contribution in [0.25, 0.3) is 0 Å². The molecule has 0 radical (unpaired) electrons. The molecule has 0 fully saturated rings. The zero-order valence-corrected chi connectivity index (χ0v) is 15.6. The Hall–Kier alpha value is -2.60. The molecule has 0 aliphatic rings. The van der Waals surface area contributed by atoms with Crippen molar-refractivity contribution >= 4 is 5.96 Å². The van der Waals surface area contributed by atoms with Crippen LogP contribution >= 0.6 is 0 Å². The standard InChI is InChI=1S/C20H28N4O2/c1-3-21-20(23-13-6-14-25-2)24-15-17-8-10-19(11-9-17)26-16-18-7-4-5-12-22-18/h4-5,7-12H,3,6,13-16H2,1-2H3,(H2,21,23,24). The molecule has 0 saturated heterocycles. The molecule has 140 valence electrons. The Kier molecular flexibility index (Phi) is 9.00. The van der Waals surface area contributed by atoms with Crippen LogP contribution in [0.1, 0.15) is 24.6 Å². The molecule has 0 unspecified atom stereocenters. The van der Waals surface area contributed by atoms with Crippen LogP contribution in [0.4, 0.5) is 0 Å². The Bertz CT molecular complexity index is 645. The predicted molar refractivity (Wildman–Crippen MR) is 104 cm³/mol. The average Bonchev–Trinajstić information content (AvgIpc) is 2.69. The molecule has 1 heterocycles. The summed E-state index contributed by atoms with van der Waals surface area (Å²) in [6.45, 7) is 5.54. The molecule has 2 aromatic rings. The van der Waals surface area contributed by atoms with Crippen LogP contribution in [0.5, 0.6) is 5.75 Å². The second-order valence-corrected chi connectivity index (χ2v) is 5.72. The van der Waals surface area contributed by atoms with Gasteiger partial charge in [0.15, 0.2) is 5.96 Å². The number of benzene rings is 1. The van der Waals surface area contributed by atoms with E-state index in [0.717, 1.165) is 49.1 Å². The third kappa shape index (κ3) is 7.53. The summed E-state index contributed by atoms with van der Waals surface area (Å²) in [5.41, 5.74) is 2.04. The van der Waals surface area contributed by atoms with Gasteiger partial charge in [-0.25, -0.2) is 4.99 Å². The molecule has 2 rings (SSSR count). The van der Waals surface area contributed by atoms with Crippen molar-refractivity contribution in [3.8, 4) is 5.75 Å². The molecule has 0 aliphatic carbocycles. The number of aliphatic imine (C=N–C) groups is 1. The molecule has 1 aromatic heterocycles. The zero-order valence-electron chi connectivity index (χ0n) is 15.6. The molecule has 0 atom stereocenters. The largest absolute Gasteiger partial charge is 0.487 e. The van der Waals surface area contributed by atoms with Crippen molar-refractivity contribution in [1.29, 1.82) is 0 Å². The fourth-order valence-electron chi connectivity index (χ4n) is 2.27. The Balaban J connectivity index is 1.82. The first kappa shape index (κ1) is 19.7. The highest BCUT2D eigenvalue weighted by atomic mass is 16.5. The lowest BCUT2D eigenvalue weighted by atomic mass is 10.2. The second-order valence-electron chi connectivity index (χ2n) is 5.72. The van der Waals surface area contributed by atoms with Crippen LogP contribution in [0.15, 0.2) is 53.7 Å². The lowest BCUT2D eigenvalue weighted by Gasteiger charge is -2.11. The summed E-state index contributed by atoms with van der Waals surface area (Å²) in [7, 11) is 1.71. The van der Waals surface area contributed by atoms with Gasteiger partial charge in [-0.15, -0.1) is 0 Å². The summed E-state index contributed by atoms with van der Waals surface area (Å²) in [5, 5.41) is 6.55. The molecule has 6 heteroatoms. The first-order chi connectivity index (χ1) is 12.8. The van der Waals surface area contributed by atoms with Gasteiger partial charge >= 0.3 is 0 Å². The SMILES string of the molecule is CCNC(=NCc1ccc(OCc2ccccn2)cc1)NCCCOC. The molecular weight excluding hydrogens is 328 g/mol. The number of methoxy groups -OCH3 is 1. The Morgan fingerprint density at radius 1 is 1.12 bits per heavy atom. The van der Waals surface area contributed by atoms with E-state index in [1.54, 1.807) is 13.3 Å². The van der Waals surface area contributed by atoms with Gasteiger partial charge in [0.1, 0.15) is 12.4 Å². The van der Waals surface area contributed by atoms with Crippen molar-refractivity contribution in [3.63, 3.8) is 0 Å².